The fraction of sp³-hybridized carbons (Fsp3) is 0.743. The van der Waals surface area contributed by atoms with E-state index in [9.17, 15) is 34.2 Å². The van der Waals surface area contributed by atoms with E-state index in [-0.39, 0.29) is 23.1 Å². The van der Waals surface area contributed by atoms with Crippen LogP contribution in [-0.4, -0.2) is 81.3 Å². The topological polar surface area (TPSA) is 172 Å². The SMILES string of the molecule is C/C=C(/C)C(=O)O[C@H]1C(C)=C2[C@H]([C@@H]1OC(=O)CCCCC(C)C)[C@@](C)(OC(C)=O)C[C@H](OC(=O)[C@@H](C)CC)[C@@]1(O)[C@H]2OC(=O)[C@@]1(C)O. The van der Waals surface area contributed by atoms with E-state index in [4.69, 9.17) is 23.7 Å². The first kappa shape index (κ1) is 38.2. The molecule has 1 heterocycles. The van der Waals surface area contributed by atoms with Crippen molar-refractivity contribution in [1.82, 2.24) is 0 Å². The Morgan fingerprint density at radius 2 is 1.68 bits per heavy atom. The van der Waals surface area contributed by atoms with Crippen molar-refractivity contribution in [3.05, 3.63) is 22.8 Å². The van der Waals surface area contributed by atoms with Crippen LogP contribution in [0.15, 0.2) is 22.8 Å². The highest BCUT2D eigenvalue weighted by Crippen LogP contribution is 2.57. The maximum absolute atomic E-state index is 13.4. The fourth-order valence-electron chi connectivity index (χ4n) is 6.85. The Balaban J connectivity index is 2.25. The summed E-state index contributed by atoms with van der Waals surface area (Å²) in [6.45, 7) is 16.1. The molecule has 0 aromatic carbocycles. The average molecular weight is 665 g/mol. The molecule has 9 atom stereocenters. The zero-order valence-corrected chi connectivity index (χ0v) is 29.3. The molecule has 0 amide bonds. The zero-order chi connectivity index (χ0) is 35.6. The molecule has 0 unspecified atom stereocenters. The number of carbonyl (C=O) groups excluding carboxylic acids is 5. The summed E-state index contributed by atoms with van der Waals surface area (Å²) in [5.41, 5.74) is -6.17. The number of hydrogen-bond acceptors (Lipinski definition) is 12. The minimum absolute atomic E-state index is 0.0648. The first-order chi connectivity index (χ1) is 21.8. The van der Waals surface area contributed by atoms with Gasteiger partial charge in [0.2, 0.25) is 0 Å². The summed E-state index contributed by atoms with van der Waals surface area (Å²) in [5.74, 6) is -5.20. The number of esters is 5. The molecule has 3 aliphatic rings. The normalized spacial score (nSPS) is 34.2. The van der Waals surface area contributed by atoms with Gasteiger partial charge in [0.05, 0.1) is 11.8 Å². The Hall–Kier alpha value is -3.25. The lowest BCUT2D eigenvalue weighted by molar-refractivity contribution is -0.214. The predicted molar refractivity (Wildman–Crippen MR) is 168 cm³/mol. The highest BCUT2D eigenvalue weighted by molar-refractivity contribution is 5.88. The van der Waals surface area contributed by atoms with Crippen molar-refractivity contribution in [2.45, 2.75) is 149 Å². The summed E-state index contributed by atoms with van der Waals surface area (Å²) in [6.07, 6.45) is -1.95. The van der Waals surface area contributed by atoms with Crippen molar-refractivity contribution in [2.75, 3.05) is 0 Å². The summed E-state index contributed by atoms with van der Waals surface area (Å²) < 4.78 is 29.5. The third kappa shape index (κ3) is 7.28. The summed E-state index contributed by atoms with van der Waals surface area (Å²) in [6, 6.07) is 0. The molecule has 47 heavy (non-hydrogen) atoms. The molecule has 0 aromatic heterocycles. The summed E-state index contributed by atoms with van der Waals surface area (Å²) in [7, 11) is 0. The van der Waals surface area contributed by atoms with E-state index < -0.39 is 89.3 Å². The van der Waals surface area contributed by atoms with E-state index in [1.807, 2.05) is 0 Å². The third-order valence-corrected chi connectivity index (χ3v) is 9.99. The number of aliphatic hydroxyl groups is 2. The van der Waals surface area contributed by atoms with Gasteiger partial charge in [0, 0.05) is 25.3 Å². The molecule has 2 aliphatic carbocycles. The zero-order valence-electron chi connectivity index (χ0n) is 29.3. The Kier molecular flexibility index (Phi) is 11.8. The third-order valence-electron chi connectivity index (χ3n) is 9.99. The monoisotopic (exact) mass is 664 g/mol. The molecule has 12 heteroatoms. The van der Waals surface area contributed by atoms with Crippen molar-refractivity contribution in [3.8, 4) is 0 Å². The van der Waals surface area contributed by atoms with Gasteiger partial charge in [-0.2, -0.15) is 0 Å². The molecule has 264 valence electrons. The summed E-state index contributed by atoms with van der Waals surface area (Å²) in [4.78, 5) is 65.6. The Bertz CT molecular complexity index is 1310. The molecule has 1 saturated carbocycles. The fourth-order valence-corrected chi connectivity index (χ4v) is 6.85. The van der Waals surface area contributed by atoms with Crippen LogP contribution in [0.1, 0.15) is 108 Å². The molecule has 0 radical (unpaired) electrons. The number of rotatable bonds is 12. The van der Waals surface area contributed by atoms with E-state index in [1.54, 1.807) is 40.7 Å². The van der Waals surface area contributed by atoms with E-state index in [1.165, 1.54) is 13.8 Å². The largest absolute Gasteiger partial charge is 0.459 e. The maximum Gasteiger partial charge on any atom is 0.341 e. The number of carbonyl (C=O) groups is 5. The number of fused-ring (bicyclic) bond motifs is 3. The van der Waals surface area contributed by atoms with Gasteiger partial charge in [-0.3, -0.25) is 14.4 Å². The Morgan fingerprint density at radius 3 is 2.23 bits per heavy atom. The molecule has 2 fully saturated rings. The Morgan fingerprint density at radius 1 is 1.04 bits per heavy atom. The molecule has 0 aromatic rings. The van der Waals surface area contributed by atoms with Crippen LogP contribution >= 0.6 is 0 Å². The first-order valence-corrected chi connectivity index (χ1v) is 16.6. The second kappa shape index (κ2) is 14.5. The molecule has 12 nitrogen and oxygen atoms in total. The van der Waals surface area contributed by atoms with Crippen LogP contribution in [0.25, 0.3) is 0 Å². The van der Waals surface area contributed by atoms with E-state index in [2.05, 4.69) is 13.8 Å². The first-order valence-electron chi connectivity index (χ1n) is 16.6. The molecule has 0 bridgehead atoms. The highest BCUT2D eigenvalue weighted by atomic mass is 16.6. The average Bonchev–Trinajstić information content (AvgIpc) is 3.32. The lowest BCUT2D eigenvalue weighted by Gasteiger charge is -2.42. The van der Waals surface area contributed by atoms with Crippen LogP contribution in [-0.2, 0) is 47.7 Å². The van der Waals surface area contributed by atoms with Gasteiger partial charge in [-0.25, -0.2) is 9.59 Å². The van der Waals surface area contributed by atoms with Crippen molar-refractivity contribution in [3.63, 3.8) is 0 Å². The maximum atomic E-state index is 13.4. The van der Waals surface area contributed by atoms with E-state index >= 15 is 0 Å². The number of allylic oxidation sites excluding steroid dienone is 1. The highest BCUT2D eigenvalue weighted by Gasteiger charge is 2.76. The van der Waals surface area contributed by atoms with Gasteiger partial charge in [0.1, 0.15) is 11.7 Å². The molecule has 1 saturated heterocycles. The van der Waals surface area contributed by atoms with Crippen molar-refractivity contribution >= 4 is 29.8 Å². The minimum Gasteiger partial charge on any atom is -0.459 e. The number of hydrogen-bond donors (Lipinski definition) is 2. The van der Waals surface area contributed by atoms with E-state index in [0.29, 0.717) is 18.8 Å². The molecule has 1 aliphatic heterocycles. The number of unbranched alkanes of at least 4 members (excludes halogenated alkanes) is 1. The quantitative estimate of drug-likeness (QED) is 0.101. The lowest BCUT2D eigenvalue weighted by atomic mass is 9.75. The second-order valence-electron chi connectivity index (χ2n) is 14.0. The van der Waals surface area contributed by atoms with Crippen LogP contribution in [0.3, 0.4) is 0 Å². The van der Waals surface area contributed by atoms with E-state index in [0.717, 1.165) is 19.8 Å². The van der Waals surface area contributed by atoms with Crippen LogP contribution in [0, 0.1) is 17.8 Å². The van der Waals surface area contributed by atoms with Crippen molar-refractivity contribution in [1.29, 1.82) is 0 Å². The van der Waals surface area contributed by atoms with Crippen molar-refractivity contribution < 1.29 is 57.9 Å². The van der Waals surface area contributed by atoms with Crippen LogP contribution in [0.4, 0.5) is 0 Å². The molecular weight excluding hydrogens is 612 g/mol. The summed E-state index contributed by atoms with van der Waals surface area (Å²) in [5, 5.41) is 24.0. The number of ether oxygens (including phenoxy) is 5. The van der Waals surface area contributed by atoms with Gasteiger partial charge < -0.3 is 33.9 Å². The molecule has 0 spiro atoms. The van der Waals surface area contributed by atoms with Crippen LogP contribution in [0.5, 0.6) is 0 Å². The lowest BCUT2D eigenvalue weighted by Crippen LogP contribution is -2.64. The summed E-state index contributed by atoms with van der Waals surface area (Å²) >= 11 is 0. The molecular formula is C35H52O12. The molecule has 2 N–H and O–H groups in total. The van der Waals surface area contributed by atoms with Gasteiger partial charge in [0.15, 0.2) is 29.5 Å². The van der Waals surface area contributed by atoms with Gasteiger partial charge in [0.25, 0.3) is 0 Å². The second-order valence-corrected chi connectivity index (χ2v) is 14.0. The smallest absolute Gasteiger partial charge is 0.341 e. The minimum atomic E-state index is -2.59. The van der Waals surface area contributed by atoms with Gasteiger partial charge in [-0.05, 0) is 64.5 Å². The van der Waals surface area contributed by atoms with Gasteiger partial charge in [-0.1, -0.05) is 46.6 Å². The van der Waals surface area contributed by atoms with Crippen molar-refractivity contribution in [2.24, 2.45) is 17.8 Å². The van der Waals surface area contributed by atoms with Crippen LogP contribution < -0.4 is 0 Å². The molecule has 3 rings (SSSR count). The van der Waals surface area contributed by atoms with Gasteiger partial charge >= 0.3 is 29.8 Å². The standard InChI is InChI=1S/C35H52O12/c1-11-19(5)30(38)43-23-17-33(9,47-22(8)36)26-25(29-35(23,42)34(10,41)32(40)46-29)21(7)27(45-31(39)20(6)12-2)28(26)44-24(37)16-14-13-15-18(3)4/h12,18-19,23,26-29,41-42H,11,13-17H2,1-10H3/b20-12-/t19-,23-,26+,27-,28-,29-,33-,34+,35+/m0/s1. The van der Waals surface area contributed by atoms with Gasteiger partial charge in [-0.15, -0.1) is 0 Å². The Labute approximate surface area is 277 Å². The predicted octanol–water partition coefficient (Wildman–Crippen LogP) is 4.03. The van der Waals surface area contributed by atoms with Crippen LogP contribution in [0.2, 0.25) is 0 Å².